The van der Waals surface area contributed by atoms with Crippen LogP contribution < -0.4 is 5.32 Å². The number of aromatic nitrogens is 1. The zero-order valence-corrected chi connectivity index (χ0v) is 20.7. The van der Waals surface area contributed by atoms with Crippen LogP contribution in [-0.2, 0) is 11.3 Å². The molecule has 1 saturated heterocycles. The van der Waals surface area contributed by atoms with E-state index in [1.165, 1.54) is 12.1 Å². The lowest BCUT2D eigenvalue weighted by Gasteiger charge is -2.34. The van der Waals surface area contributed by atoms with Crippen LogP contribution in [-0.4, -0.2) is 76.4 Å². The summed E-state index contributed by atoms with van der Waals surface area (Å²) in [7, 11) is 1.83. The second-order valence-corrected chi connectivity index (χ2v) is 8.96. The Labute approximate surface area is 212 Å². The molecule has 3 rings (SSSR count). The second kappa shape index (κ2) is 13.9. The fourth-order valence-corrected chi connectivity index (χ4v) is 3.77. The van der Waals surface area contributed by atoms with E-state index in [1.54, 1.807) is 23.2 Å². The Bertz CT molecular complexity index is 995. The zero-order chi connectivity index (χ0) is 27.6. The van der Waals surface area contributed by atoms with Gasteiger partial charge in [-0.15, -0.1) is 0 Å². The van der Waals surface area contributed by atoms with Gasteiger partial charge in [0.25, 0.3) is 0 Å². The van der Waals surface area contributed by atoms with E-state index in [0.29, 0.717) is 25.6 Å². The molecule has 1 aromatic heterocycles. The summed E-state index contributed by atoms with van der Waals surface area (Å²) in [6.07, 6.45) is -1.95. The first-order chi connectivity index (χ1) is 17.3. The molecule has 3 N–H and O–H groups in total. The van der Waals surface area contributed by atoms with Crippen molar-refractivity contribution in [2.24, 2.45) is 5.92 Å². The smallest absolute Gasteiger partial charge is 0.475 e. The number of amides is 2. The van der Waals surface area contributed by atoms with Crippen molar-refractivity contribution in [1.29, 1.82) is 0 Å². The van der Waals surface area contributed by atoms with Crippen molar-refractivity contribution in [3.8, 4) is 0 Å². The lowest BCUT2D eigenvalue weighted by Crippen LogP contribution is -2.43. The summed E-state index contributed by atoms with van der Waals surface area (Å²) >= 11 is 0. The van der Waals surface area contributed by atoms with Crippen LogP contribution in [0.2, 0.25) is 0 Å². The summed E-state index contributed by atoms with van der Waals surface area (Å²) in [6, 6.07) is 9.84. The summed E-state index contributed by atoms with van der Waals surface area (Å²) in [5.74, 6) is -2.61. The molecule has 12 heteroatoms. The van der Waals surface area contributed by atoms with Gasteiger partial charge in [-0.25, -0.2) is 14.0 Å². The molecule has 0 saturated carbocycles. The lowest BCUT2D eigenvalue weighted by atomic mass is 9.95. The largest absolute Gasteiger partial charge is 0.490 e. The molecule has 1 fully saturated rings. The van der Waals surface area contributed by atoms with Crippen LogP contribution >= 0.6 is 0 Å². The molecule has 2 aromatic rings. The Morgan fingerprint density at radius 2 is 1.76 bits per heavy atom. The number of aliphatic carboxylic acids is 1. The standard InChI is InChI=1S/C23H31FN4O2.C2HF3O2/c1-17-3-4-19(13-25-17)14-26-23(30)27(2)15-18-9-11-28(12-10-18)16-22(29)20-5-7-21(24)8-6-20;3-2(4,5)1(6)7/h3-8,13,18,22,29H,9-12,14-16H2,1-2H3,(H,26,30);(H,6,7). The molecule has 1 unspecified atom stereocenters. The number of urea groups is 1. The van der Waals surface area contributed by atoms with E-state index in [4.69, 9.17) is 9.90 Å². The highest BCUT2D eigenvalue weighted by atomic mass is 19.4. The average Bonchev–Trinajstić information content (AvgIpc) is 2.85. The van der Waals surface area contributed by atoms with E-state index in [2.05, 4.69) is 15.2 Å². The molecule has 37 heavy (non-hydrogen) atoms. The molecule has 204 valence electrons. The predicted octanol–water partition coefficient (Wildman–Crippen LogP) is 3.75. The fourth-order valence-electron chi connectivity index (χ4n) is 3.77. The van der Waals surface area contributed by atoms with Gasteiger partial charge < -0.3 is 25.3 Å². The number of carbonyl (C=O) groups excluding carboxylic acids is 1. The number of aryl methyl sites for hydroxylation is 1. The summed E-state index contributed by atoms with van der Waals surface area (Å²) in [6.45, 7) is 5.42. The van der Waals surface area contributed by atoms with E-state index in [0.717, 1.165) is 42.8 Å². The Morgan fingerprint density at radius 3 is 2.27 bits per heavy atom. The molecule has 1 atom stereocenters. The number of aliphatic hydroxyl groups excluding tert-OH is 1. The highest BCUT2D eigenvalue weighted by Gasteiger charge is 2.38. The third kappa shape index (κ3) is 10.7. The minimum absolute atomic E-state index is 0.0789. The first-order valence-electron chi connectivity index (χ1n) is 11.7. The molecule has 0 spiro atoms. The van der Waals surface area contributed by atoms with Crippen molar-refractivity contribution in [2.45, 2.75) is 38.6 Å². The highest BCUT2D eigenvalue weighted by Crippen LogP contribution is 2.22. The van der Waals surface area contributed by atoms with Gasteiger partial charge in [-0.2, -0.15) is 13.2 Å². The zero-order valence-electron chi connectivity index (χ0n) is 20.7. The number of halogens is 4. The number of carboxylic acid groups (broad SMARTS) is 1. The number of likely N-dealkylation sites (tertiary alicyclic amines) is 1. The third-order valence-electron chi connectivity index (χ3n) is 5.93. The van der Waals surface area contributed by atoms with Crippen molar-refractivity contribution < 1.29 is 37.4 Å². The first-order valence-corrected chi connectivity index (χ1v) is 11.7. The molecule has 2 heterocycles. The summed E-state index contributed by atoms with van der Waals surface area (Å²) < 4.78 is 44.8. The molecule has 1 aliphatic heterocycles. The normalized spacial score (nSPS) is 15.3. The minimum atomic E-state index is -5.08. The van der Waals surface area contributed by atoms with Crippen molar-refractivity contribution in [2.75, 3.05) is 33.2 Å². The Balaban J connectivity index is 0.000000604. The monoisotopic (exact) mass is 528 g/mol. The Hall–Kier alpha value is -3.25. The molecule has 1 aromatic carbocycles. The van der Waals surface area contributed by atoms with Gasteiger partial charge in [0.15, 0.2) is 0 Å². The molecule has 0 bridgehead atoms. The number of piperidine rings is 1. The minimum Gasteiger partial charge on any atom is -0.475 e. The average molecular weight is 529 g/mol. The number of carbonyl (C=O) groups is 2. The first kappa shape index (κ1) is 30.0. The van der Waals surface area contributed by atoms with Gasteiger partial charge in [-0.05, 0) is 68.1 Å². The Morgan fingerprint density at radius 1 is 1.16 bits per heavy atom. The number of nitrogens with one attached hydrogen (secondary N) is 1. The van der Waals surface area contributed by atoms with Crippen LogP contribution in [0.5, 0.6) is 0 Å². The molecular formula is C25H32F4N4O4. The Kier molecular flexibility index (Phi) is 11.3. The van der Waals surface area contributed by atoms with E-state index in [-0.39, 0.29) is 11.8 Å². The van der Waals surface area contributed by atoms with Crippen molar-refractivity contribution >= 4 is 12.0 Å². The van der Waals surface area contributed by atoms with Crippen LogP contribution in [0, 0.1) is 18.7 Å². The lowest BCUT2D eigenvalue weighted by molar-refractivity contribution is -0.192. The fraction of sp³-hybridized carbons (Fsp3) is 0.480. The number of pyridine rings is 1. The molecular weight excluding hydrogens is 496 g/mol. The van der Waals surface area contributed by atoms with E-state index >= 15 is 0 Å². The predicted molar refractivity (Wildman–Crippen MR) is 128 cm³/mol. The topological polar surface area (TPSA) is 106 Å². The number of benzene rings is 1. The third-order valence-corrected chi connectivity index (χ3v) is 5.93. The quantitative estimate of drug-likeness (QED) is 0.473. The number of nitrogens with zero attached hydrogens (tertiary/aromatic N) is 3. The number of carboxylic acids is 1. The summed E-state index contributed by atoms with van der Waals surface area (Å²) in [5, 5.41) is 20.5. The highest BCUT2D eigenvalue weighted by molar-refractivity contribution is 5.73. The molecule has 8 nitrogen and oxygen atoms in total. The maximum atomic E-state index is 13.0. The van der Waals surface area contributed by atoms with Gasteiger partial charge in [0.1, 0.15) is 5.82 Å². The number of β-amino-alcohol motifs (C(OH)–C–C–N with tert-alkyl or cyclic N) is 1. The van der Waals surface area contributed by atoms with Crippen molar-refractivity contribution in [3.05, 3.63) is 65.2 Å². The number of aliphatic hydroxyl groups is 1. The number of hydrogen-bond donors (Lipinski definition) is 3. The number of rotatable bonds is 7. The second-order valence-electron chi connectivity index (χ2n) is 8.96. The summed E-state index contributed by atoms with van der Waals surface area (Å²) in [5.41, 5.74) is 2.67. The van der Waals surface area contributed by atoms with E-state index < -0.39 is 18.2 Å². The maximum absolute atomic E-state index is 13.0. The van der Waals surface area contributed by atoms with Crippen molar-refractivity contribution in [3.63, 3.8) is 0 Å². The maximum Gasteiger partial charge on any atom is 0.490 e. The SMILES string of the molecule is Cc1ccc(CNC(=O)N(C)CC2CCN(CC(O)c3ccc(F)cc3)CC2)cn1.O=C(O)C(F)(F)F. The van der Waals surface area contributed by atoms with Gasteiger partial charge in [-0.3, -0.25) is 4.98 Å². The molecule has 0 radical (unpaired) electrons. The summed E-state index contributed by atoms with van der Waals surface area (Å²) in [4.78, 5) is 29.5. The van der Waals surface area contributed by atoms with Crippen LogP contribution in [0.3, 0.4) is 0 Å². The van der Waals surface area contributed by atoms with Gasteiger partial charge >= 0.3 is 18.2 Å². The van der Waals surface area contributed by atoms with Crippen molar-refractivity contribution in [1.82, 2.24) is 20.1 Å². The molecule has 0 aliphatic carbocycles. The number of hydrogen-bond acceptors (Lipinski definition) is 5. The molecule has 1 aliphatic rings. The van der Waals surface area contributed by atoms with Gasteiger partial charge in [0.05, 0.1) is 6.10 Å². The van der Waals surface area contributed by atoms with Crippen LogP contribution in [0.25, 0.3) is 0 Å². The number of alkyl halides is 3. The van der Waals surface area contributed by atoms with Crippen LogP contribution in [0.4, 0.5) is 22.4 Å². The van der Waals surface area contributed by atoms with Crippen LogP contribution in [0.1, 0.15) is 35.8 Å². The van der Waals surface area contributed by atoms with Gasteiger partial charge in [0, 0.05) is 38.6 Å². The molecule has 2 amide bonds. The van der Waals surface area contributed by atoms with Crippen LogP contribution in [0.15, 0.2) is 42.6 Å². The van der Waals surface area contributed by atoms with E-state index in [9.17, 15) is 27.5 Å². The van der Waals surface area contributed by atoms with Gasteiger partial charge in [0.2, 0.25) is 0 Å². The van der Waals surface area contributed by atoms with Gasteiger partial charge in [-0.1, -0.05) is 18.2 Å². The van der Waals surface area contributed by atoms with E-state index in [1.807, 2.05) is 26.1 Å².